The lowest BCUT2D eigenvalue weighted by atomic mass is 10.4. The maximum Gasteiger partial charge on any atom is 0.333 e. The van der Waals surface area contributed by atoms with Gasteiger partial charge in [0, 0.05) is 20.0 Å². The molecule has 0 unspecified atom stereocenters. The van der Waals surface area contributed by atoms with Crippen LogP contribution in [0.25, 0.3) is 0 Å². The van der Waals surface area contributed by atoms with Crippen molar-refractivity contribution < 1.29 is 19.2 Å². The minimum atomic E-state index is -0.924. The number of hydrogen-bond donors (Lipinski definition) is 2. The van der Waals surface area contributed by atoms with Crippen LogP contribution in [0.15, 0.2) is 0 Å². The molecule has 8 nitrogen and oxygen atoms in total. The van der Waals surface area contributed by atoms with Crippen molar-refractivity contribution in [3.8, 4) is 0 Å². The van der Waals surface area contributed by atoms with Crippen LogP contribution in [-0.2, 0) is 14.4 Å². The van der Waals surface area contributed by atoms with Gasteiger partial charge in [-0.25, -0.2) is 10.6 Å². The molecule has 0 atom stereocenters. The summed E-state index contributed by atoms with van der Waals surface area (Å²) in [6.07, 6.45) is -0.130. The Morgan fingerprint density at radius 3 is 2.33 bits per heavy atom. The maximum atomic E-state index is 11.3. The van der Waals surface area contributed by atoms with Crippen LogP contribution in [0.1, 0.15) is 6.42 Å². The molecule has 8 heteroatoms. The number of urea groups is 1. The summed E-state index contributed by atoms with van der Waals surface area (Å²) in [4.78, 5) is 45.6. The molecule has 1 fully saturated rings. The van der Waals surface area contributed by atoms with Crippen molar-refractivity contribution >= 4 is 23.8 Å². The number of carbonyl (C=O) groups excluding carboxylic acids is 4. The van der Waals surface area contributed by atoms with Gasteiger partial charge in [0.25, 0.3) is 0 Å². The first-order valence-electron chi connectivity index (χ1n) is 4.12. The quantitative estimate of drug-likeness (QED) is 0.182. The van der Waals surface area contributed by atoms with E-state index in [-0.39, 0.29) is 13.0 Å². The van der Waals surface area contributed by atoms with E-state index in [1.54, 1.807) is 0 Å². The van der Waals surface area contributed by atoms with E-state index in [0.29, 0.717) is 9.80 Å². The summed E-state index contributed by atoms with van der Waals surface area (Å²) < 4.78 is 0. The number of hydrogen-bond acceptors (Lipinski definition) is 5. The predicted molar refractivity (Wildman–Crippen MR) is 46.8 cm³/mol. The zero-order valence-electron chi connectivity index (χ0n) is 8.02. The summed E-state index contributed by atoms with van der Waals surface area (Å²) in [6.45, 7) is -0.156. The number of amides is 5. The molecular weight excluding hydrogens is 204 g/mol. The van der Waals surface area contributed by atoms with Crippen molar-refractivity contribution in [2.45, 2.75) is 6.42 Å². The summed E-state index contributed by atoms with van der Waals surface area (Å²) in [5.74, 6) is 2.48. The summed E-state index contributed by atoms with van der Waals surface area (Å²) >= 11 is 0. The number of nitrogens with zero attached hydrogens (tertiary/aromatic N) is 2. The molecule has 0 aromatic carbocycles. The SMILES string of the molecule is CN1C(=O)C(=O)N(CCC(=O)NN)C1=O. The van der Waals surface area contributed by atoms with E-state index in [4.69, 9.17) is 5.84 Å². The Kier molecular flexibility index (Phi) is 3.00. The van der Waals surface area contributed by atoms with Gasteiger partial charge in [-0.2, -0.15) is 0 Å². The van der Waals surface area contributed by atoms with Gasteiger partial charge in [-0.05, 0) is 0 Å². The number of likely N-dealkylation sites (N-methyl/N-ethyl adjacent to an activating group) is 1. The monoisotopic (exact) mass is 214 g/mol. The van der Waals surface area contributed by atoms with E-state index in [1.807, 2.05) is 5.43 Å². The molecule has 0 spiro atoms. The highest BCUT2D eigenvalue weighted by atomic mass is 16.2. The normalized spacial score (nSPS) is 16.3. The van der Waals surface area contributed by atoms with Crippen molar-refractivity contribution in [1.82, 2.24) is 15.2 Å². The molecule has 5 amide bonds. The van der Waals surface area contributed by atoms with Crippen LogP contribution in [0, 0.1) is 0 Å². The third kappa shape index (κ3) is 1.94. The molecule has 0 radical (unpaired) electrons. The first kappa shape index (κ1) is 11.1. The molecule has 1 saturated heterocycles. The third-order valence-electron chi connectivity index (χ3n) is 1.97. The molecule has 0 aromatic rings. The fourth-order valence-corrected chi connectivity index (χ4v) is 1.10. The molecule has 0 aliphatic carbocycles. The highest BCUT2D eigenvalue weighted by Gasteiger charge is 2.41. The van der Waals surface area contributed by atoms with Gasteiger partial charge in [0.2, 0.25) is 5.91 Å². The lowest BCUT2D eigenvalue weighted by Crippen LogP contribution is -2.37. The Morgan fingerprint density at radius 2 is 1.93 bits per heavy atom. The van der Waals surface area contributed by atoms with Crippen LogP contribution in [0.3, 0.4) is 0 Å². The van der Waals surface area contributed by atoms with Gasteiger partial charge in [-0.15, -0.1) is 0 Å². The van der Waals surface area contributed by atoms with Crippen LogP contribution in [0.4, 0.5) is 4.79 Å². The van der Waals surface area contributed by atoms with Crippen LogP contribution in [0.2, 0.25) is 0 Å². The Hall–Kier alpha value is -1.96. The van der Waals surface area contributed by atoms with Crippen LogP contribution >= 0.6 is 0 Å². The molecule has 1 rings (SSSR count). The van der Waals surface area contributed by atoms with E-state index < -0.39 is 23.8 Å². The second-order valence-electron chi connectivity index (χ2n) is 2.92. The predicted octanol–water partition coefficient (Wildman–Crippen LogP) is -2.21. The van der Waals surface area contributed by atoms with Crippen molar-refractivity contribution in [2.75, 3.05) is 13.6 Å². The van der Waals surface area contributed by atoms with E-state index in [0.717, 1.165) is 0 Å². The molecule has 1 aliphatic heterocycles. The lowest BCUT2D eigenvalue weighted by Gasteiger charge is -2.11. The summed E-state index contributed by atoms with van der Waals surface area (Å²) in [5, 5.41) is 0. The van der Waals surface area contributed by atoms with Gasteiger partial charge in [0.05, 0.1) is 0 Å². The average Bonchev–Trinajstić information content (AvgIpc) is 2.41. The van der Waals surface area contributed by atoms with Crippen LogP contribution in [-0.4, -0.2) is 47.1 Å². The molecular formula is C7H10N4O4. The van der Waals surface area contributed by atoms with E-state index in [1.165, 1.54) is 7.05 Å². The molecule has 0 bridgehead atoms. The smallest absolute Gasteiger partial charge is 0.294 e. The largest absolute Gasteiger partial charge is 0.333 e. The first-order chi connectivity index (χ1) is 6.99. The second-order valence-corrected chi connectivity index (χ2v) is 2.92. The minimum Gasteiger partial charge on any atom is -0.294 e. The van der Waals surface area contributed by atoms with Gasteiger partial charge in [-0.1, -0.05) is 0 Å². The maximum absolute atomic E-state index is 11.3. The first-order valence-corrected chi connectivity index (χ1v) is 4.12. The summed E-state index contributed by atoms with van der Waals surface area (Å²) in [7, 11) is 1.20. The van der Waals surface area contributed by atoms with E-state index in [9.17, 15) is 19.2 Å². The van der Waals surface area contributed by atoms with Gasteiger partial charge >= 0.3 is 17.8 Å². The molecule has 1 heterocycles. The fourth-order valence-electron chi connectivity index (χ4n) is 1.10. The zero-order chi connectivity index (χ0) is 11.6. The molecule has 1 aliphatic rings. The Labute approximate surface area is 84.9 Å². The topological polar surface area (TPSA) is 113 Å². The van der Waals surface area contributed by atoms with Gasteiger partial charge in [0.15, 0.2) is 0 Å². The van der Waals surface area contributed by atoms with Crippen LogP contribution in [0.5, 0.6) is 0 Å². The Balaban J connectivity index is 2.63. The Bertz CT molecular complexity index is 340. The van der Waals surface area contributed by atoms with E-state index >= 15 is 0 Å². The number of carbonyl (C=O) groups is 4. The highest BCUT2D eigenvalue weighted by molar-refractivity contribution is 6.44. The average molecular weight is 214 g/mol. The standard InChI is InChI=1S/C7H10N4O4/c1-10-5(13)6(14)11(7(10)15)3-2-4(12)9-8/h2-3,8H2,1H3,(H,9,12). The van der Waals surface area contributed by atoms with Crippen molar-refractivity contribution in [3.05, 3.63) is 0 Å². The lowest BCUT2D eigenvalue weighted by molar-refractivity contribution is -0.143. The summed E-state index contributed by atoms with van der Waals surface area (Å²) in [6, 6.07) is -0.727. The molecule has 0 saturated carbocycles. The van der Waals surface area contributed by atoms with Crippen molar-refractivity contribution in [3.63, 3.8) is 0 Å². The zero-order valence-corrected chi connectivity index (χ0v) is 8.02. The Morgan fingerprint density at radius 1 is 1.33 bits per heavy atom. The van der Waals surface area contributed by atoms with Crippen molar-refractivity contribution in [2.24, 2.45) is 5.84 Å². The molecule has 0 aromatic heterocycles. The summed E-state index contributed by atoms with van der Waals surface area (Å²) in [5.41, 5.74) is 1.85. The van der Waals surface area contributed by atoms with E-state index in [2.05, 4.69) is 0 Å². The van der Waals surface area contributed by atoms with Crippen LogP contribution < -0.4 is 11.3 Å². The minimum absolute atomic E-state index is 0.130. The van der Waals surface area contributed by atoms with Gasteiger partial charge in [-0.3, -0.25) is 29.6 Å². The second kappa shape index (κ2) is 4.05. The van der Waals surface area contributed by atoms with Crippen molar-refractivity contribution in [1.29, 1.82) is 0 Å². The number of rotatable bonds is 3. The van der Waals surface area contributed by atoms with Gasteiger partial charge in [0.1, 0.15) is 0 Å². The number of nitrogens with one attached hydrogen (secondary N) is 1. The fraction of sp³-hybridized carbons (Fsp3) is 0.429. The number of nitrogens with two attached hydrogens (primary N) is 1. The molecule has 82 valence electrons. The number of hydrazine groups is 1. The molecule has 15 heavy (non-hydrogen) atoms. The third-order valence-corrected chi connectivity index (χ3v) is 1.97. The number of imide groups is 2. The van der Waals surface area contributed by atoms with Gasteiger partial charge < -0.3 is 0 Å². The highest BCUT2D eigenvalue weighted by Crippen LogP contribution is 2.09. The molecule has 3 N–H and O–H groups in total.